The first-order valence-corrected chi connectivity index (χ1v) is 8.37. The first-order valence-electron chi connectivity index (χ1n) is 5.78. The molecule has 128 valence electrons. The summed E-state index contributed by atoms with van der Waals surface area (Å²) in [5.41, 5.74) is 5.12. The van der Waals surface area contributed by atoms with Crippen LogP contribution in [0.2, 0.25) is 4.34 Å². The van der Waals surface area contributed by atoms with Crippen molar-refractivity contribution in [1.82, 2.24) is 14.6 Å². The second-order valence-electron chi connectivity index (χ2n) is 4.17. The summed E-state index contributed by atoms with van der Waals surface area (Å²) < 4.78 is 30.7. The standard InChI is InChI=1S/C9H10ClN5O6S2.Na.H/c1-21-14-5(4-6(10)22-9(11)13-4)7(16)12-3-2-15(8(3)17)23(18,19)20;;/h3H,2H2,1H3,(H2,11,13)(H,12,16)(H,18,19,20);;. The van der Waals surface area contributed by atoms with E-state index in [1.54, 1.807) is 0 Å². The average Bonchev–Trinajstić information content (AvgIpc) is 2.76. The van der Waals surface area contributed by atoms with Gasteiger partial charge in [-0.3, -0.25) is 14.1 Å². The molecule has 0 bridgehead atoms. The number of carbonyl (C=O) groups is 2. The summed E-state index contributed by atoms with van der Waals surface area (Å²) in [6.07, 6.45) is 0. The van der Waals surface area contributed by atoms with Crippen LogP contribution in [0.3, 0.4) is 0 Å². The Morgan fingerprint density at radius 2 is 2.25 bits per heavy atom. The molecule has 15 heteroatoms. The van der Waals surface area contributed by atoms with Gasteiger partial charge in [0.1, 0.15) is 23.2 Å². The van der Waals surface area contributed by atoms with Crippen molar-refractivity contribution in [2.45, 2.75) is 6.04 Å². The Balaban J connectivity index is 0.00000288. The molecule has 0 saturated carbocycles. The van der Waals surface area contributed by atoms with Gasteiger partial charge in [0.25, 0.3) is 11.8 Å². The number of halogens is 1. The van der Waals surface area contributed by atoms with Gasteiger partial charge in [0.2, 0.25) is 0 Å². The molecule has 2 heterocycles. The topological polar surface area (TPSA) is 164 Å². The van der Waals surface area contributed by atoms with E-state index in [0.29, 0.717) is 0 Å². The van der Waals surface area contributed by atoms with Gasteiger partial charge in [-0.2, -0.15) is 8.42 Å². The molecule has 0 aromatic carbocycles. The second-order valence-corrected chi connectivity index (χ2v) is 7.14. The number of carbonyl (C=O) groups excluding carboxylic acids is 2. The summed E-state index contributed by atoms with van der Waals surface area (Å²) in [6, 6.07) is -1.14. The van der Waals surface area contributed by atoms with E-state index in [9.17, 15) is 18.0 Å². The Morgan fingerprint density at radius 3 is 2.67 bits per heavy atom. The van der Waals surface area contributed by atoms with E-state index in [-0.39, 0.29) is 54.7 Å². The maximum atomic E-state index is 12.2. The summed E-state index contributed by atoms with van der Waals surface area (Å²) >= 11 is 6.80. The van der Waals surface area contributed by atoms with Crippen molar-refractivity contribution in [2.24, 2.45) is 5.16 Å². The summed E-state index contributed by atoms with van der Waals surface area (Å²) in [6.45, 7) is -0.406. The van der Waals surface area contributed by atoms with Gasteiger partial charge in [0.05, 0.1) is 6.54 Å². The fraction of sp³-hybridized carbons (Fsp3) is 0.333. The number of anilines is 1. The maximum absolute atomic E-state index is 12.2. The van der Waals surface area contributed by atoms with E-state index in [1.165, 1.54) is 7.11 Å². The Morgan fingerprint density at radius 1 is 1.62 bits per heavy atom. The van der Waals surface area contributed by atoms with Gasteiger partial charge in [-0.15, -0.1) is 0 Å². The number of aromatic nitrogens is 1. The Kier molecular flexibility index (Phi) is 6.98. The molecule has 1 aromatic heterocycles. The SMILES string of the molecule is CON=C(C(=O)NC1CN(S(=O)(=O)O)C1=O)c1nc(N)sc1Cl.[NaH]. The summed E-state index contributed by atoms with van der Waals surface area (Å²) in [7, 11) is -3.45. The zero-order valence-corrected chi connectivity index (χ0v) is 13.8. The number of β-lactam (4-membered cyclic amide) rings is 1. The molecule has 1 saturated heterocycles. The number of hydrogen-bond donors (Lipinski definition) is 3. The van der Waals surface area contributed by atoms with E-state index in [0.717, 1.165) is 11.3 Å². The van der Waals surface area contributed by atoms with Crippen LogP contribution in [0, 0.1) is 0 Å². The Bertz CT molecular complexity index is 796. The summed E-state index contributed by atoms with van der Waals surface area (Å²) in [5.74, 6) is -1.85. The first kappa shape index (κ1) is 21.1. The van der Waals surface area contributed by atoms with Crippen molar-refractivity contribution in [1.29, 1.82) is 0 Å². The molecule has 1 fully saturated rings. The number of thiazole rings is 1. The first-order chi connectivity index (χ1) is 10.6. The molecular weight excluding hydrogens is 397 g/mol. The summed E-state index contributed by atoms with van der Waals surface area (Å²) in [4.78, 5) is 32.1. The number of nitrogen functional groups attached to an aromatic ring is 1. The second kappa shape index (κ2) is 7.95. The molecule has 1 aliphatic heterocycles. The average molecular weight is 408 g/mol. The van der Waals surface area contributed by atoms with E-state index >= 15 is 0 Å². The molecule has 0 spiro atoms. The number of nitrogens with two attached hydrogens (primary N) is 1. The van der Waals surface area contributed by atoms with Gasteiger partial charge in [0.15, 0.2) is 10.8 Å². The van der Waals surface area contributed by atoms with Crippen LogP contribution in [-0.4, -0.2) is 89.0 Å². The molecule has 4 N–H and O–H groups in total. The van der Waals surface area contributed by atoms with E-state index in [2.05, 4.69) is 20.3 Å². The molecule has 11 nitrogen and oxygen atoms in total. The number of hydrogen-bond acceptors (Lipinski definition) is 9. The zero-order valence-electron chi connectivity index (χ0n) is 11.4. The van der Waals surface area contributed by atoms with Crippen LogP contribution in [0.25, 0.3) is 0 Å². The fourth-order valence-corrected chi connectivity index (χ4v) is 3.30. The number of nitrogens with zero attached hydrogens (tertiary/aromatic N) is 3. The molecule has 2 amide bonds. The van der Waals surface area contributed by atoms with Crippen LogP contribution < -0.4 is 11.1 Å². The van der Waals surface area contributed by atoms with Gasteiger partial charge in [-0.25, -0.2) is 9.29 Å². The van der Waals surface area contributed by atoms with Crippen LogP contribution in [0.4, 0.5) is 5.13 Å². The number of amides is 2. The van der Waals surface area contributed by atoms with Gasteiger partial charge < -0.3 is 15.9 Å². The minimum absolute atomic E-state index is 0. The van der Waals surface area contributed by atoms with Crippen molar-refractivity contribution >= 4 is 85.5 Å². The van der Waals surface area contributed by atoms with Gasteiger partial charge in [-0.05, 0) is 0 Å². The van der Waals surface area contributed by atoms with Gasteiger partial charge >= 0.3 is 39.9 Å². The van der Waals surface area contributed by atoms with Gasteiger partial charge in [-0.1, -0.05) is 28.1 Å². The van der Waals surface area contributed by atoms with E-state index < -0.39 is 34.7 Å². The molecule has 1 unspecified atom stereocenters. The van der Waals surface area contributed by atoms with Crippen LogP contribution in [-0.2, 0) is 24.7 Å². The Hall–Kier alpha value is -0.960. The number of rotatable bonds is 5. The van der Waals surface area contributed by atoms with E-state index in [4.69, 9.17) is 21.9 Å². The predicted molar refractivity (Wildman–Crippen MR) is 87.4 cm³/mol. The van der Waals surface area contributed by atoms with Crippen LogP contribution in [0.5, 0.6) is 0 Å². The van der Waals surface area contributed by atoms with Crippen molar-refractivity contribution < 1.29 is 27.4 Å². The quantitative estimate of drug-likeness (QED) is 0.169. The van der Waals surface area contributed by atoms with Crippen LogP contribution >= 0.6 is 22.9 Å². The molecule has 1 atom stereocenters. The molecule has 24 heavy (non-hydrogen) atoms. The fourth-order valence-electron chi connectivity index (χ4n) is 1.68. The zero-order chi connectivity index (χ0) is 17.4. The van der Waals surface area contributed by atoms with Crippen molar-refractivity contribution in [3.8, 4) is 0 Å². The molecular formula is C9H11ClN5NaO6S2. The van der Waals surface area contributed by atoms with Crippen molar-refractivity contribution in [2.75, 3.05) is 19.4 Å². The molecule has 2 rings (SSSR count). The van der Waals surface area contributed by atoms with Crippen molar-refractivity contribution in [3.05, 3.63) is 10.0 Å². The monoisotopic (exact) mass is 407 g/mol. The minimum atomic E-state index is -4.64. The molecule has 1 aliphatic rings. The summed E-state index contributed by atoms with van der Waals surface area (Å²) in [5, 5.41) is 5.82. The van der Waals surface area contributed by atoms with Crippen LogP contribution in [0.1, 0.15) is 5.69 Å². The molecule has 1 aromatic rings. The Labute approximate surface area is 167 Å². The predicted octanol–water partition coefficient (Wildman–Crippen LogP) is -1.79. The van der Waals surface area contributed by atoms with Crippen LogP contribution in [0.15, 0.2) is 5.16 Å². The normalized spacial score (nSPS) is 17.8. The van der Waals surface area contributed by atoms with E-state index in [1.807, 2.05) is 0 Å². The molecule has 0 radical (unpaired) electrons. The third-order valence-corrected chi connectivity index (χ3v) is 4.67. The third kappa shape index (κ3) is 4.36. The molecule has 0 aliphatic carbocycles. The van der Waals surface area contributed by atoms with Crippen molar-refractivity contribution in [3.63, 3.8) is 0 Å². The number of oxime groups is 1. The third-order valence-electron chi connectivity index (χ3n) is 2.70. The number of nitrogens with one attached hydrogen (secondary N) is 1. The van der Waals surface area contributed by atoms with Gasteiger partial charge in [0, 0.05) is 0 Å².